The molecule has 148 valence electrons. The summed E-state index contributed by atoms with van der Waals surface area (Å²) in [6, 6.07) is 0.607. The Kier molecular flexibility index (Phi) is 5.43. The first-order chi connectivity index (χ1) is 13.2. The van der Waals surface area contributed by atoms with Gasteiger partial charge in [0.25, 0.3) is 0 Å². The Balaban J connectivity index is 1.30. The molecular weight excluding hydrogens is 346 g/mol. The first-order valence-corrected chi connectivity index (χ1v) is 10.3. The van der Waals surface area contributed by atoms with Gasteiger partial charge >= 0.3 is 0 Å². The Morgan fingerprint density at radius 2 is 1.89 bits per heavy atom. The van der Waals surface area contributed by atoms with Crippen LogP contribution in [0.5, 0.6) is 0 Å². The van der Waals surface area contributed by atoms with Gasteiger partial charge in [-0.15, -0.1) is 5.10 Å². The van der Waals surface area contributed by atoms with E-state index >= 15 is 0 Å². The number of aromatic nitrogens is 3. The monoisotopic (exact) mass is 375 g/mol. The van der Waals surface area contributed by atoms with Gasteiger partial charge in [0.2, 0.25) is 11.8 Å². The third-order valence-corrected chi connectivity index (χ3v) is 6.35. The molecule has 3 fully saturated rings. The SMILES string of the molecule is O=C(C1CC(=O)N(C2CCCC2)C1)N1CCC(n2cc(CCO)nn2)CC1. The molecule has 1 aliphatic carbocycles. The topological polar surface area (TPSA) is 91.6 Å². The van der Waals surface area contributed by atoms with E-state index in [0.717, 1.165) is 31.4 Å². The Labute approximate surface area is 159 Å². The predicted molar refractivity (Wildman–Crippen MR) is 97.7 cm³/mol. The van der Waals surface area contributed by atoms with Gasteiger partial charge in [-0.25, -0.2) is 4.68 Å². The van der Waals surface area contributed by atoms with Gasteiger partial charge in [0.05, 0.1) is 17.7 Å². The quantitative estimate of drug-likeness (QED) is 0.821. The normalized spacial score (nSPS) is 24.9. The predicted octanol–water partition coefficient (Wildman–Crippen LogP) is 0.767. The van der Waals surface area contributed by atoms with Gasteiger partial charge in [0.1, 0.15) is 0 Å². The molecule has 0 aromatic carbocycles. The van der Waals surface area contributed by atoms with Crippen LogP contribution in [0.1, 0.15) is 56.7 Å². The second-order valence-electron chi connectivity index (χ2n) is 8.11. The van der Waals surface area contributed by atoms with Crippen LogP contribution in [0.25, 0.3) is 0 Å². The van der Waals surface area contributed by atoms with Crippen LogP contribution in [-0.2, 0) is 16.0 Å². The molecule has 8 heteroatoms. The fourth-order valence-electron chi connectivity index (χ4n) is 4.80. The molecule has 3 aliphatic rings. The minimum Gasteiger partial charge on any atom is -0.396 e. The van der Waals surface area contributed by atoms with Gasteiger partial charge in [-0.05, 0) is 25.7 Å². The number of hydrogen-bond acceptors (Lipinski definition) is 5. The maximum atomic E-state index is 12.9. The molecular formula is C19H29N5O3. The molecule has 0 spiro atoms. The molecule has 3 heterocycles. The first-order valence-electron chi connectivity index (χ1n) is 10.3. The van der Waals surface area contributed by atoms with Crippen molar-refractivity contribution in [1.29, 1.82) is 0 Å². The Hall–Kier alpha value is -1.96. The van der Waals surface area contributed by atoms with Crippen LogP contribution in [0.2, 0.25) is 0 Å². The summed E-state index contributed by atoms with van der Waals surface area (Å²) >= 11 is 0. The van der Waals surface area contributed by atoms with Gasteiger partial charge in [-0.2, -0.15) is 0 Å². The fraction of sp³-hybridized carbons (Fsp3) is 0.789. The van der Waals surface area contributed by atoms with E-state index in [9.17, 15) is 9.59 Å². The Morgan fingerprint density at radius 3 is 2.59 bits per heavy atom. The van der Waals surface area contributed by atoms with Crippen molar-refractivity contribution in [3.63, 3.8) is 0 Å². The molecule has 1 aromatic heterocycles. The molecule has 0 radical (unpaired) electrons. The third kappa shape index (κ3) is 3.85. The zero-order chi connectivity index (χ0) is 18.8. The Bertz CT molecular complexity index is 677. The molecule has 4 rings (SSSR count). The van der Waals surface area contributed by atoms with Crippen molar-refractivity contribution >= 4 is 11.8 Å². The lowest BCUT2D eigenvalue weighted by molar-refractivity contribution is -0.137. The largest absolute Gasteiger partial charge is 0.396 e. The van der Waals surface area contributed by atoms with Crippen LogP contribution in [-0.4, -0.2) is 74.0 Å². The van der Waals surface area contributed by atoms with Crippen molar-refractivity contribution in [3.05, 3.63) is 11.9 Å². The van der Waals surface area contributed by atoms with Crippen LogP contribution in [0.15, 0.2) is 6.20 Å². The molecule has 27 heavy (non-hydrogen) atoms. The summed E-state index contributed by atoms with van der Waals surface area (Å²) in [4.78, 5) is 29.2. The lowest BCUT2D eigenvalue weighted by Gasteiger charge is -2.33. The molecule has 1 saturated carbocycles. The molecule has 1 unspecified atom stereocenters. The highest BCUT2D eigenvalue weighted by Gasteiger charge is 2.40. The molecule has 2 saturated heterocycles. The third-order valence-electron chi connectivity index (χ3n) is 6.35. The zero-order valence-electron chi connectivity index (χ0n) is 15.8. The average Bonchev–Trinajstić information content (AvgIpc) is 3.42. The molecule has 8 nitrogen and oxygen atoms in total. The first kappa shape index (κ1) is 18.4. The van der Waals surface area contributed by atoms with Gasteiger partial charge in [-0.1, -0.05) is 18.1 Å². The number of piperidine rings is 1. The summed E-state index contributed by atoms with van der Waals surface area (Å²) in [6.07, 6.45) is 9.07. The summed E-state index contributed by atoms with van der Waals surface area (Å²) in [5, 5.41) is 17.2. The minimum atomic E-state index is -0.169. The average molecular weight is 375 g/mol. The van der Waals surface area contributed by atoms with Crippen molar-refractivity contribution in [2.45, 2.75) is 63.5 Å². The van der Waals surface area contributed by atoms with E-state index in [4.69, 9.17) is 5.11 Å². The van der Waals surface area contributed by atoms with Crippen molar-refractivity contribution in [2.75, 3.05) is 26.2 Å². The summed E-state index contributed by atoms with van der Waals surface area (Å²) < 4.78 is 1.87. The van der Waals surface area contributed by atoms with Crippen LogP contribution >= 0.6 is 0 Å². The number of carbonyl (C=O) groups is 2. The van der Waals surface area contributed by atoms with Gasteiger partial charge in [0.15, 0.2) is 0 Å². The number of likely N-dealkylation sites (tertiary alicyclic amines) is 2. The summed E-state index contributed by atoms with van der Waals surface area (Å²) in [5.41, 5.74) is 0.799. The van der Waals surface area contributed by atoms with Gasteiger partial charge in [0, 0.05) is 51.3 Å². The van der Waals surface area contributed by atoms with Crippen molar-refractivity contribution < 1.29 is 14.7 Å². The second kappa shape index (κ2) is 7.96. The number of nitrogens with zero attached hydrogens (tertiary/aromatic N) is 5. The van der Waals surface area contributed by atoms with E-state index in [1.54, 1.807) is 0 Å². The minimum absolute atomic E-state index is 0.0730. The van der Waals surface area contributed by atoms with Crippen LogP contribution in [0.4, 0.5) is 0 Å². The van der Waals surface area contributed by atoms with E-state index in [2.05, 4.69) is 10.3 Å². The highest BCUT2D eigenvalue weighted by atomic mass is 16.3. The van der Waals surface area contributed by atoms with E-state index in [0.29, 0.717) is 38.5 Å². The number of amides is 2. The molecule has 2 aliphatic heterocycles. The van der Waals surface area contributed by atoms with Crippen molar-refractivity contribution in [3.8, 4) is 0 Å². The van der Waals surface area contributed by atoms with Crippen LogP contribution in [0.3, 0.4) is 0 Å². The lowest BCUT2D eigenvalue weighted by Crippen LogP contribution is -2.43. The van der Waals surface area contributed by atoms with Gasteiger partial charge < -0.3 is 14.9 Å². The van der Waals surface area contributed by atoms with Crippen molar-refractivity contribution in [1.82, 2.24) is 24.8 Å². The highest BCUT2D eigenvalue weighted by Crippen LogP contribution is 2.31. The summed E-state index contributed by atoms with van der Waals surface area (Å²) in [6.45, 7) is 2.08. The molecule has 0 bridgehead atoms. The molecule has 2 amide bonds. The maximum Gasteiger partial charge on any atom is 0.227 e. The molecule has 1 N–H and O–H groups in total. The van der Waals surface area contributed by atoms with E-state index < -0.39 is 0 Å². The molecule has 1 aromatic rings. The summed E-state index contributed by atoms with van der Waals surface area (Å²) in [7, 11) is 0. The standard InChI is InChI=1S/C19H29N5O3/c25-10-7-15-13-24(21-20-15)17-5-8-22(9-6-17)19(27)14-11-18(26)23(12-14)16-3-1-2-4-16/h13-14,16-17,25H,1-12H2. The second-order valence-corrected chi connectivity index (χ2v) is 8.11. The van der Waals surface area contributed by atoms with E-state index in [1.807, 2.05) is 20.7 Å². The van der Waals surface area contributed by atoms with Gasteiger partial charge in [-0.3, -0.25) is 9.59 Å². The highest BCUT2D eigenvalue weighted by molar-refractivity contribution is 5.89. The van der Waals surface area contributed by atoms with Crippen LogP contribution < -0.4 is 0 Å². The summed E-state index contributed by atoms with van der Waals surface area (Å²) in [5.74, 6) is 0.133. The van der Waals surface area contributed by atoms with Crippen LogP contribution in [0, 0.1) is 5.92 Å². The number of rotatable bonds is 5. The van der Waals surface area contributed by atoms with E-state index in [1.165, 1.54) is 12.8 Å². The lowest BCUT2D eigenvalue weighted by atomic mass is 10.0. The molecule has 1 atom stereocenters. The fourth-order valence-corrected chi connectivity index (χ4v) is 4.80. The Morgan fingerprint density at radius 1 is 1.15 bits per heavy atom. The number of hydrogen-bond donors (Lipinski definition) is 1. The maximum absolute atomic E-state index is 12.9. The number of carbonyl (C=O) groups excluding carboxylic acids is 2. The van der Waals surface area contributed by atoms with Crippen molar-refractivity contribution in [2.24, 2.45) is 5.92 Å². The smallest absolute Gasteiger partial charge is 0.227 e. The zero-order valence-corrected chi connectivity index (χ0v) is 15.8. The van der Waals surface area contributed by atoms with E-state index in [-0.39, 0.29) is 30.4 Å². The number of aliphatic hydroxyl groups is 1. The number of aliphatic hydroxyl groups excluding tert-OH is 1.